The van der Waals surface area contributed by atoms with E-state index >= 15 is 0 Å². The zero-order valence-electron chi connectivity index (χ0n) is 15.0. The molecule has 0 saturated carbocycles. The van der Waals surface area contributed by atoms with Gasteiger partial charge in [-0.1, -0.05) is 24.3 Å². The molecule has 1 fully saturated rings. The van der Waals surface area contributed by atoms with Gasteiger partial charge in [-0.2, -0.15) is 0 Å². The maximum atomic E-state index is 4.68. The van der Waals surface area contributed by atoms with Crippen molar-refractivity contribution in [2.45, 2.75) is 25.3 Å². The number of hydrogen-bond acceptors (Lipinski definition) is 5. The van der Waals surface area contributed by atoms with Crippen molar-refractivity contribution in [3.8, 4) is 0 Å². The third kappa shape index (κ3) is 3.21. The predicted octanol–water partition coefficient (Wildman–Crippen LogP) is 4.32. The Bertz CT molecular complexity index is 1030. The van der Waals surface area contributed by atoms with Crippen LogP contribution in [0.5, 0.6) is 0 Å². The van der Waals surface area contributed by atoms with E-state index in [0.29, 0.717) is 5.92 Å². The van der Waals surface area contributed by atoms with Crippen LogP contribution >= 0.6 is 11.3 Å². The van der Waals surface area contributed by atoms with Gasteiger partial charge in [0.05, 0.1) is 17.7 Å². The molecule has 5 rings (SSSR count). The minimum absolute atomic E-state index is 0.491. The van der Waals surface area contributed by atoms with Gasteiger partial charge in [0, 0.05) is 48.4 Å². The second-order valence-corrected chi connectivity index (χ2v) is 7.73. The molecule has 0 bridgehead atoms. The van der Waals surface area contributed by atoms with Crippen molar-refractivity contribution in [1.82, 2.24) is 19.5 Å². The van der Waals surface area contributed by atoms with E-state index < -0.39 is 0 Å². The Labute approximate surface area is 162 Å². The first-order valence-electron chi connectivity index (χ1n) is 9.35. The SMILES string of the molecule is c1ccc2c(N3CCC(c4nccn4Cc4cscn4)CC3)nccc2c1. The van der Waals surface area contributed by atoms with E-state index in [1.54, 1.807) is 11.3 Å². The molecule has 1 aromatic carbocycles. The zero-order valence-corrected chi connectivity index (χ0v) is 15.8. The first-order chi connectivity index (χ1) is 13.4. The second-order valence-electron chi connectivity index (χ2n) is 7.01. The molecule has 0 atom stereocenters. The van der Waals surface area contributed by atoms with Crippen LogP contribution in [0.1, 0.15) is 30.3 Å². The number of anilines is 1. The van der Waals surface area contributed by atoms with E-state index in [9.17, 15) is 0 Å². The van der Waals surface area contributed by atoms with E-state index in [2.05, 4.69) is 66.3 Å². The van der Waals surface area contributed by atoms with Crippen molar-refractivity contribution in [1.29, 1.82) is 0 Å². The molecular formula is C21H21N5S. The number of thiazole rings is 1. The van der Waals surface area contributed by atoms with Crippen LogP contribution in [0.15, 0.2) is 59.8 Å². The van der Waals surface area contributed by atoms with Gasteiger partial charge in [-0.3, -0.25) is 0 Å². The Kier molecular flexibility index (Phi) is 4.33. The largest absolute Gasteiger partial charge is 0.356 e. The lowest BCUT2D eigenvalue weighted by Gasteiger charge is -2.33. The van der Waals surface area contributed by atoms with Crippen molar-refractivity contribution in [3.63, 3.8) is 0 Å². The van der Waals surface area contributed by atoms with Gasteiger partial charge in [0.15, 0.2) is 0 Å². The highest BCUT2D eigenvalue weighted by Crippen LogP contribution is 2.32. The lowest BCUT2D eigenvalue weighted by Crippen LogP contribution is -2.34. The van der Waals surface area contributed by atoms with E-state index in [4.69, 9.17) is 0 Å². The molecule has 1 aliphatic heterocycles. The van der Waals surface area contributed by atoms with Crippen molar-refractivity contribution >= 4 is 27.9 Å². The van der Waals surface area contributed by atoms with Crippen LogP contribution in [0, 0.1) is 0 Å². The number of benzene rings is 1. The molecule has 0 radical (unpaired) electrons. The summed E-state index contributed by atoms with van der Waals surface area (Å²) in [6.07, 6.45) is 8.11. The second kappa shape index (κ2) is 7.12. The fraction of sp³-hybridized carbons (Fsp3) is 0.286. The Morgan fingerprint density at radius 1 is 1.00 bits per heavy atom. The molecule has 0 spiro atoms. The maximum absolute atomic E-state index is 4.68. The van der Waals surface area contributed by atoms with Crippen LogP contribution in [0.4, 0.5) is 5.82 Å². The molecule has 6 heteroatoms. The first kappa shape index (κ1) is 16.4. The number of piperidine rings is 1. The number of nitrogens with zero attached hydrogens (tertiary/aromatic N) is 5. The number of fused-ring (bicyclic) bond motifs is 1. The Hall–Kier alpha value is -2.73. The Balaban J connectivity index is 1.33. The lowest BCUT2D eigenvalue weighted by molar-refractivity contribution is 0.468. The van der Waals surface area contributed by atoms with Gasteiger partial charge in [-0.05, 0) is 24.3 Å². The summed E-state index contributed by atoms with van der Waals surface area (Å²) in [6.45, 7) is 2.83. The van der Waals surface area contributed by atoms with Crippen molar-refractivity contribution in [2.24, 2.45) is 0 Å². The van der Waals surface area contributed by atoms with Crippen LogP contribution in [0.2, 0.25) is 0 Å². The minimum atomic E-state index is 0.491. The quantitative estimate of drug-likeness (QED) is 0.533. The molecular weight excluding hydrogens is 354 g/mol. The fourth-order valence-corrected chi connectivity index (χ4v) is 4.56. The van der Waals surface area contributed by atoms with Gasteiger partial charge < -0.3 is 9.47 Å². The van der Waals surface area contributed by atoms with Gasteiger partial charge in [-0.25, -0.2) is 15.0 Å². The van der Waals surface area contributed by atoms with Gasteiger partial charge in [-0.15, -0.1) is 11.3 Å². The molecule has 0 amide bonds. The van der Waals surface area contributed by atoms with E-state index in [-0.39, 0.29) is 0 Å². The molecule has 1 saturated heterocycles. The van der Waals surface area contributed by atoms with Crippen molar-refractivity contribution in [2.75, 3.05) is 18.0 Å². The monoisotopic (exact) mass is 375 g/mol. The first-order valence-corrected chi connectivity index (χ1v) is 10.3. The van der Waals surface area contributed by atoms with E-state index in [1.165, 1.54) is 16.6 Å². The third-order valence-electron chi connectivity index (χ3n) is 5.38. The molecule has 136 valence electrons. The third-order valence-corrected chi connectivity index (χ3v) is 6.01. The summed E-state index contributed by atoms with van der Waals surface area (Å²) in [4.78, 5) is 16.2. The Morgan fingerprint density at radius 3 is 2.74 bits per heavy atom. The van der Waals surface area contributed by atoms with E-state index in [0.717, 1.165) is 44.0 Å². The summed E-state index contributed by atoms with van der Waals surface area (Å²) in [5.74, 6) is 2.79. The summed E-state index contributed by atoms with van der Waals surface area (Å²) in [6, 6.07) is 10.6. The molecule has 3 aromatic heterocycles. The fourth-order valence-electron chi connectivity index (χ4n) is 4.01. The molecule has 5 nitrogen and oxygen atoms in total. The molecule has 0 N–H and O–H groups in total. The van der Waals surface area contributed by atoms with Crippen LogP contribution in [0.25, 0.3) is 10.8 Å². The highest BCUT2D eigenvalue weighted by molar-refractivity contribution is 7.07. The average Bonchev–Trinajstić information content (AvgIpc) is 3.40. The van der Waals surface area contributed by atoms with Crippen LogP contribution in [-0.4, -0.2) is 32.6 Å². The number of hydrogen-bond donors (Lipinski definition) is 0. The van der Waals surface area contributed by atoms with Gasteiger partial charge in [0.25, 0.3) is 0 Å². The van der Waals surface area contributed by atoms with Crippen LogP contribution < -0.4 is 4.90 Å². The number of pyridine rings is 1. The molecule has 1 aliphatic rings. The van der Waals surface area contributed by atoms with E-state index in [1.807, 2.05) is 17.9 Å². The number of imidazole rings is 1. The van der Waals surface area contributed by atoms with Crippen molar-refractivity contribution < 1.29 is 0 Å². The summed E-state index contributed by atoms with van der Waals surface area (Å²) in [5.41, 5.74) is 3.00. The molecule has 4 heterocycles. The highest BCUT2D eigenvalue weighted by atomic mass is 32.1. The summed E-state index contributed by atoms with van der Waals surface area (Å²) < 4.78 is 2.26. The summed E-state index contributed by atoms with van der Waals surface area (Å²) in [5, 5.41) is 4.60. The Morgan fingerprint density at radius 2 is 1.89 bits per heavy atom. The summed E-state index contributed by atoms with van der Waals surface area (Å²) >= 11 is 1.64. The highest BCUT2D eigenvalue weighted by Gasteiger charge is 2.25. The summed E-state index contributed by atoms with van der Waals surface area (Å²) in [7, 11) is 0. The predicted molar refractivity (Wildman–Crippen MR) is 109 cm³/mol. The normalized spacial score (nSPS) is 15.5. The van der Waals surface area contributed by atoms with Gasteiger partial charge >= 0.3 is 0 Å². The average molecular weight is 376 g/mol. The number of aromatic nitrogens is 4. The smallest absolute Gasteiger partial charge is 0.136 e. The van der Waals surface area contributed by atoms with Crippen molar-refractivity contribution in [3.05, 3.63) is 71.3 Å². The zero-order chi connectivity index (χ0) is 18.1. The molecule has 4 aromatic rings. The lowest BCUT2D eigenvalue weighted by atomic mass is 9.95. The topological polar surface area (TPSA) is 46.8 Å². The van der Waals surface area contributed by atoms with Gasteiger partial charge in [0.2, 0.25) is 0 Å². The maximum Gasteiger partial charge on any atom is 0.136 e. The standard InChI is InChI=1S/C21H21N5S/c1-2-4-19-16(3-1)5-8-22-21(19)25-10-6-17(7-11-25)20-23-9-12-26(20)13-18-14-27-15-24-18/h1-5,8-9,12,14-15,17H,6-7,10-11,13H2. The van der Waals surface area contributed by atoms with Gasteiger partial charge in [0.1, 0.15) is 11.6 Å². The van der Waals surface area contributed by atoms with Crippen LogP contribution in [-0.2, 0) is 6.54 Å². The number of rotatable bonds is 4. The van der Waals surface area contributed by atoms with Crippen LogP contribution in [0.3, 0.4) is 0 Å². The molecule has 0 aliphatic carbocycles. The minimum Gasteiger partial charge on any atom is -0.356 e. The molecule has 27 heavy (non-hydrogen) atoms. The molecule has 0 unspecified atom stereocenters.